The number of hydrogen-bond donors (Lipinski definition) is 1. The third-order valence-electron chi connectivity index (χ3n) is 2.68. The van der Waals surface area contributed by atoms with Crippen LogP contribution in [0.3, 0.4) is 0 Å². The monoisotopic (exact) mass is 279 g/mol. The smallest absolute Gasteiger partial charge is 0.355 e. The number of carbonyl (C=O) groups is 1. The lowest BCUT2D eigenvalue weighted by Crippen LogP contribution is -2.11. The minimum atomic E-state index is -0.425. The van der Waals surface area contributed by atoms with Crippen LogP contribution in [0.5, 0.6) is 0 Å². The fraction of sp³-hybridized carbons (Fsp3) is 0.231. The van der Waals surface area contributed by atoms with Crippen LogP contribution in [-0.2, 0) is 17.9 Å². The number of rotatable bonds is 4. The highest BCUT2D eigenvalue weighted by atomic mass is 35.5. The van der Waals surface area contributed by atoms with Crippen LogP contribution in [0, 0.1) is 0 Å². The molecule has 2 aromatic heterocycles. The Bertz CT molecular complexity index is 595. The van der Waals surface area contributed by atoms with Gasteiger partial charge in [0, 0.05) is 30.7 Å². The standard InChI is InChI=1S/C13H14ClN3O2/c1-2-17-7-10(15)5-12(17)13(18)19-8-9-3-4-16-6-11(9)14/h3-7H,2,8,15H2,1H3. The van der Waals surface area contributed by atoms with Crippen molar-refractivity contribution in [1.29, 1.82) is 0 Å². The van der Waals surface area contributed by atoms with Crippen molar-refractivity contribution in [2.24, 2.45) is 0 Å². The highest BCUT2D eigenvalue weighted by Gasteiger charge is 2.14. The number of aromatic nitrogens is 2. The van der Waals surface area contributed by atoms with E-state index in [2.05, 4.69) is 4.98 Å². The number of nitrogens with two attached hydrogens (primary N) is 1. The third-order valence-corrected chi connectivity index (χ3v) is 3.02. The maximum Gasteiger partial charge on any atom is 0.355 e. The van der Waals surface area contributed by atoms with E-state index >= 15 is 0 Å². The first kappa shape index (κ1) is 13.4. The summed E-state index contributed by atoms with van der Waals surface area (Å²) in [6.07, 6.45) is 4.81. The van der Waals surface area contributed by atoms with Crippen LogP contribution < -0.4 is 5.73 Å². The molecular formula is C13H14ClN3O2. The van der Waals surface area contributed by atoms with E-state index in [1.54, 1.807) is 29.1 Å². The molecule has 0 aliphatic heterocycles. The Morgan fingerprint density at radius 2 is 2.37 bits per heavy atom. The molecule has 0 unspecified atom stereocenters. The molecule has 0 saturated carbocycles. The average Bonchev–Trinajstić information content (AvgIpc) is 2.79. The number of carbonyl (C=O) groups excluding carboxylic acids is 1. The number of pyridine rings is 1. The van der Waals surface area contributed by atoms with Crippen molar-refractivity contribution in [3.8, 4) is 0 Å². The molecule has 2 N–H and O–H groups in total. The molecule has 2 heterocycles. The summed E-state index contributed by atoms with van der Waals surface area (Å²) in [5, 5.41) is 0.473. The van der Waals surface area contributed by atoms with Crippen molar-refractivity contribution < 1.29 is 9.53 Å². The number of halogens is 1. The molecule has 6 heteroatoms. The molecule has 0 radical (unpaired) electrons. The van der Waals surface area contributed by atoms with Crippen molar-refractivity contribution in [2.75, 3.05) is 5.73 Å². The Balaban J connectivity index is 2.07. The topological polar surface area (TPSA) is 70.1 Å². The van der Waals surface area contributed by atoms with E-state index in [0.717, 1.165) is 0 Å². The molecule has 5 nitrogen and oxygen atoms in total. The van der Waals surface area contributed by atoms with Crippen LogP contribution in [0.1, 0.15) is 23.0 Å². The number of hydrogen-bond acceptors (Lipinski definition) is 4. The fourth-order valence-electron chi connectivity index (χ4n) is 1.70. The van der Waals surface area contributed by atoms with Crippen LogP contribution in [0.25, 0.3) is 0 Å². The van der Waals surface area contributed by atoms with Crippen LogP contribution in [0.4, 0.5) is 5.69 Å². The van der Waals surface area contributed by atoms with Crippen molar-refractivity contribution in [3.63, 3.8) is 0 Å². The van der Waals surface area contributed by atoms with Crippen LogP contribution in [-0.4, -0.2) is 15.5 Å². The molecule has 0 amide bonds. The zero-order chi connectivity index (χ0) is 13.8. The van der Waals surface area contributed by atoms with Gasteiger partial charge in [0.05, 0.1) is 10.7 Å². The normalized spacial score (nSPS) is 10.4. The molecular weight excluding hydrogens is 266 g/mol. The molecule has 0 fully saturated rings. The van der Waals surface area contributed by atoms with Crippen LogP contribution >= 0.6 is 11.6 Å². The quantitative estimate of drug-likeness (QED) is 0.873. The molecule has 0 saturated heterocycles. The van der Waals surface area contributed by atoms with Gasteiger partial charge in [-0.25, -0.2) is 4.79 Å². The highest BCUT2D eigenvalue weighted by Crippen LogP contribution is 2.16. The lowest BCUT2D eigenvalue weighted by atomic mass is 10.3. The molecule has 2 aromatic rings. The van der Waals surface area contributed by atoms with E-state index in [4.69, 9.17) is 22.1 Å². The van der Waals surface area contributed by atoms with Gasteiger partial charge in [0.1, 0.15) is 12.3 Å². The van der Waals surface area contributed by atoms with E-state index in [9.17, 15) is 4.79 Å². The molecule has 2 rings (SSSR count). The van der Waals surface area contributed by atoms with E-state index in [-0.39, 0.29) is 6.61 Å². The number of nitrogen functional groups attached to an aromatic ring is 1. The van der Waals surface area contributed by atoms with Crippen molar-refractivity contribution in [2.45, 2.75) is 20.1 Å². The fourth-order valence-corrected chi connectivity index (χ4v) is 1.88. The summed E-state index contributed by atoms with van der Waals surface area (Å²) in [5.74, 6) is -0.425. The number of nitrogens with zero attached hydrogens (tertiary/aromatic N) is 2. The zero-order valence-corrected chi connectivity index (χ0v) is 11.2. The van der Waals surface area contributed by atoms with Gasteiger partial charge in [0.25, 0.3) is 0 Å². The second kappa shape index (κ2) is 5.75. The predicted octanol–water partition coefficient (Wildman–Crippen LogP) is 2.50. The Kier molecular flexibility index (Phi) is 4.06. The first-order chi connectivity index (χ1) is 9.11. The van der Waals surface area contributed by atoms with Gasteiger partial charge in [0.2, 0.25) is 0 Å². The van der Waals surface area contributed by atoms with Gasteiger partial charge >= 0.3 is 5.97 Å². The SMILES string of the molecule is CCn1cc(N)cc1C(=O)OCc1ccncc1Cl. The predicted molar refractivity (Wildman–Crippen MR) is 72.9 cm³/mol. The Morgan fingerprint density at radius 1 is 1.58 bits per heavy atom. The van der Waals surface area contributed by atoms with Gasteiger partial charge in [0.15, 0.2) is 0 Å². The molecule has 0 aliphatic carbocycles. The Morgan fingerprint density at radius 3 is 3.05 bits per heavy atom. The first-order valence-corrected chi connectivity index (χ1v) is 6.20. The number of ether oxygens (including phenoxy) is 1. The molecule has 0 atom stereocenters. The number of aryl methyl sites for hydroxylation is 1. The minimum absolute atomic E-state index is 0.106. The van der Waals surface area contributed by atoms with Gasteiger partial charge in [-0.2, -0.15) is 0 Å². The van der Waals surface area contributed by atoms with E-state index in [1.165, 1.54) is 6.20 Å². The molecule has 0 aliphatic rings. The zero-order valence-electron chi connectivity index (χ0n) is 10.5. The van der Waals surface area contributed by atoms with E-state index in [1.807, 2.05) is 6.92 Å². The molecule has 19 heavy (non-hydrogen) atoms. The van der Waals surface area contributed by atoms with E-state index < -0.39 is 5.97 Å². The van der Waals surface area contributed by atoms with Crippen molar-refractivity contribution in [1.82, 2.24) is 9.55 Å². The number of anilines is 1. The van der Waals surface area contributed by atoms with Crippen molar-refractivity contribution in [3.05, 3.63) is 47.0 Å². The molecule has 0 aromatic carbocycles. The summed E-state index contributed by atoms with van der Waals surface area (Å²) in [6.45, 7) is 2.68. The average molecular weight is 280 g/mol. The largest absolute Gasteiger partial charge is 0.456 e. The molecule has 100 valence electrons. The van der Waals surface area contributed by atoms with Crippen LogP contribution in [0.15, 0.2) is 30.7 Å². The summed E-state index contributed by atoms with van der Waals surface area (Å²) in [7, 11) is 0. The Labute approximate surface area is 116 Å². The summed E-state index contributed by atoms with van der Waals surface area (Å²) < 4.78 is 6.97. The van der Waals surface area contributed by atoms with Gasteiger partial charge < -0.3 is 15.0 Å². The second-order valence-corrected chi connectivity index (χ2v) is 4.40. The van der Waals surface area contributed by atoms with Gasteiger partial charge in [-0.1, -0.05) is 11.6 Å². The maximum absolute atomic E-state index is 12.0. The van der Waals surface area contributed by atoms with E-state index in [0.29, 0.717) is 28.5 Å². The van der Waals surface area contributed by atoms with Crippen molar-refractivity contribution >= 4 is 23.3 Å². The summed E-state index contributed by atoms with van der Waals surface area (Å²) in [4.78, 5) is 15.8. The lowest BCUT2D eigenvalue weighted by Gasteiger charge is -2.07. The minimum Gasteiger partial charge on any atom is -0.456 e. The van der Waals surface area contributed by atoms with Gasteiger partial charge in [-0.3, -0.25) is 4.98 Å². The third kappa shape index (κ3) is 3.06. The highest BCUT2D eigenvalue weighted by molar-refractivity contribution is 6.31. The van der Waals surface area contributed by atoms with Crippen LogP contribution in [0.2, 0.25) is 5.02 Å². The summed E-state index contributed by atoms with van der Waals surface area (Å²) in [5.41, 5.74) is 7.35. The molecule has 0 spiro atoms. The maximum atomic E-state index is 12.0. The first-order valence-electron chi connectivity index (χ1n) is 5.83. The second-order valence-electron chi connectivity index (χ2n) is 3.99. The summed E-state index contributed by atoms with van der Waals surface area (Å²) in [6, 6.07) is 3.31. The lowest BCUT2D eigenvalue weighted by molar-refractivity contribution is 0.0460. The van der Waals surface area contributed by atoms with Gasteiger partial charge in [-0.15, -0.1) is 0 Å². The van der Waals surface area contributed by atoms with Gasteiger partial charge in [-0.05, 0) is 19.1 Å². The summed E-state index contributed by atoms with van der Waals surface area (Å²) >= 11 is 5.94. The number of esters is 1. The Hall–Kier alpha value is -2.01. The molecule has 0 bridgehead atoms.